The second-order valence-corrected chi connectivity index (χ2v) is 8.92. The van der Waals surface area contributed by atoms with Crippen LogP contribution in [-0.4, -0.2) is 45.3 Å². The summed E-state index contributed by atoms with van der Waals surface area (Å²) in [6.07, 6.45) is 0. The number of hydrogen-bond acceptors (Lipinski definition) is 8. The molecule has 30 heavy (non-hydrogen) atoms. The number of nitrogens with zero attached hydrogens (tertiary/aromatic N) is 3. The second-order valence-electron chi connectivity index (χ2n) is 5.90. The molecule has 0 saturated carbocycles. The summed E-state index contributed by atoms with van der Waals surface area (Å²) in [5.41, 5.74) is 0.817. The minimum atomic E-state index is -3.91. The number of rotatable bonds is 8. The van der Waals surface area contributed by atoms with Crippen LogP contribution in [0.5, 0.6) is 11.5 Å². The van der Waals surface area contributed by atoms with E-state index in [1.807, 2.05) is 0 Å². The molecule has 3 rings (SSSR count). The van der Waals surface area contributed by atoms with Crippen molar-refractivity contribution in [2.45, 2.75) is 11.3 Å². The number of methoxy groups -OCH3 is 2. The average molecular weight is 449 g/mol. The number of nitrogens with one attached hydrogen (secondary N) is 1. The third-order valence-electron chi connectivity index (χ3n) is 4.11. The van der Waals surface area contributed by atoms with Gasteiger partial charge in [-0.2, -0.15) is 8.42 Å². The van der Waals surface area contributed by atoms with E-state index in [0.717, 1.165) is 11.3 Å². The minimum Gasteiger partial charge on any atom is -0.493 e. The second kappa shape index (κ2) is 9.09. The van der Waals surface area contributed by atoms with E-state index in [1.54, 1.807) is 49.4 Å². The number of hydrogen-bond donors (Lipinski definition) is 1. The zero-order valence-electron chi connectivity index (χ0n) is 16.5. The third-order valence-corrected chi connectivity index (χ3v) is 7.20. The first-order valence-electron chi connectivity index (χ1n) is 8.85. The van der Waals surface area contributed by atoms with E-state index in [-0.39, 0.29) is 16.0 Å². The van der Waals surface area contributed by atoms with Gasteiger partial charge in [-0.15, -0.1) is 10.2 Å². The van der Waals surface area contributed by atoms with Gasteiger partial charge in [-0.1, -0.05) is 29.5 Å². The molecule has 1 N–H and O–H groups in total. The summed E-state index contributed by atoms with van der Waals surface area (Å²) in [7, 11) is -0.951. The van der Waals surface area contributed by atoms with E-state index in [4.69, 9.17) is 9.47 Å². The van der Waals surface area contributed by atoms with Gasteiger partial charge in [0.15, 0.2) is 11.5 Å². The molecule has 0 radical (unpaired) electrons. The van der Waals surface area contributed by atoms with E-state index in [9.17, 15) is 13.2 Å². The Hall–Kier alpha value is -3.18. The monoisotopic (exact) mass is 448 g/mol. The van der Waals surface area contributed by atoms with Crippen molar-refractivity contribution in [3.63, 3.8) is 0 Å². The summed E-state index contributed by atoms with van der Waals surface area (Å²) in [4.78, 5) is 12.5. The van der Waals surface area contributed by atoms with Crippen molar-refractivity contribution in [3.8, 4) is 11.5 Å². The van der Waals surface area contributed by atoms with Gasteiger partial charge in [-0.3, -0.25) is 14.4 Å². The molecule has 1 aromatic heterocycles. The Kier molecular flexibility index (Phi) is 6.53. The van der Waals surface area contributed by atoms with Crippen LogP contribution in [0.15, 0.2) is 52.9 Å². The van der Waals surface area contributed by atoms with Gasteiger partial charge < -0.3 is 9.47 Å². The lowest BCUT2D eigenvalue weighted by Gasteiger charge is -2.20. The molecule has 0 bridgehead atoms. The van der Waals surface area contributed by atoms with Crippen molar-refractivity contribution < 1.29 is 22.7 Å². The molecule has 0 aliphatic heterocycles. The highest BCUT2D eigenvalue weighted by Crippen LogP contribution is 2.29. The maximum Gasteiger partial charge on any atom is 0.293 e. The lowest BCUT2D eigenvalue weighted by Crippen LogP contribution is -2.30. The number of aromatic nitrogens is 2. The molecule has 2 aromatic carbocycles. The Labute approximate surface area is 178 Å². The van der Waals surface area contributed by atoms with Gasteiger partial charge in [0.25, 0.3) is 20.3 Å². The number of sulfonamides is 1. The summed E-state index contributed by atoms with van der Waals surface area (Å²) in [5, 5.41) is 10.2. The molecular formula is C19H20N4O5S2. The smallest absolute Gasteiger partial charge is 0.293 e. The topological polar surface area (TPSA) is 111 Å². The Morgan fingerprint density at radius 1 is 1.07 bits per heavy atom. The van der Waals surface area contributed by atoms with Crippen LogP contribution in [0.3, 0.4) is 0 Å². The van der Waals surface area contributed by atoms with Crippen molar-refractivity contribution in [1.29, 1.82) is 0 Å². The van der Waals surface area contributed by atoms with E-state index in [1.165, 1.54) is 24.6 Å². The minimum absolute atomic E-state index is 0.0671. The number of para-hydroxylation sites is 1. The maximum atomic E-state index is 13.0. The number of carbonyl (C=O) groups excluding carboxylic acids is 1. The molecule has 0 spiro atoms. The number of carbonyl (C=O) groups is 1. The van der Waals surface area contributed by atoms with Crippen molar-refractivity contribution in [1.82, 2.24) is 10.2 Å². The summed E-state index contributed by atoms with van der Waals surface area (Å²) in [6.45, 7) is 1.95. The first-order chi connectivity index (χ1) is 14.4. The molecule has 1 amide bonds. The largest absolute Gasteiger partial charge is 0.493 e. The fraction of sp³-hybridized carbons (Fsp3) is 0.211. The molecular weight excluding hydrogens is 428 g/mol. The van der Waals surface area contributed by atoms with Crippen LogP contribution in [0, 0.1) is 0 Å². The molecule has 9 nitrogen and oxygen atoms in total. The van der Waals surface area contributed by atoms with Crippen LogP contribution >= 0.6 is 11.3 Å². The van der Waals surface area contributed by atoms with Crippen molar-refractivity contribution >= 4 is 38.1 Å². The predicted octanol–water partition coefficient (Wildman–Crippen LogP) is 3.02. The van der Waals surface area contributed by atoms with Gasteiger partial charge in [0, 0.05) is 12.1 Å². The Morgan fingerprint density at radius 3 is 2.40 bits per heavy atom. The van der Waals surface area contributed by atoms with Gasteiger partial charge in [0.1, 0.15) is 0 Å². The van der Waals surface area contributed by atoms with Crippen LogP contribution in [0.25, 0.3) is 0 Å². The fourth-order valence-corrected chi connectivity index (χ4v) is 5.16. The molecule has 0 saturated heterocycles. The third kappa shape index (κ3) is 4.36. The number of ether oxygens (including phenoxy) is 2. The van der Waals surface area contributed by atoms with Crippen LogP contribution in [0.2, 0.25) is 0 Å². The lowest BCUT2D eigenvalue weighted by molar-refractivity contribution is 0.102. The molecule has 0 aliphatic rings. The quantitative estimate of drug-likeness (QED) is 0.527. The van der Waals surface area contributed by atoms with Gasteiger partial charge in [-0.05, 0) is 37.3 Å². The molecule has 3 aromatic rings. The molecule has 0 unspecified atom stereocenters. The fourth-order valence-electron chi connectivity index (χ4n) is 2.69. The SMILES string of the molecule is CCN(c1ccccc1)S(=O)(=O)c1nnc(NC(=O)c2ccc(OC)c(OC)c2)s1. The standard InChI is InChI=1S/C19H20N4O5S2/c1-4-23(14-8-6-5-7-9-14)30(25,26)19-22-21-18(29-19)20-17(24)13-10-11-15(27-2)16(12-13)28-3/h5-12H,4H2,1-3H3,(H,20,21,24). The van der Waals surface area contributed by atoms with Gasteiger partial charge >= 0.3 is 0 Å². The highest BCUT2D eigenvalue weighted by Gasteiger charge is 2.28. The number of amides is 1. The zero-order valence-corrected chi connectivity index (χ0v) is 18.2. The van der Waals surface area contributed by atoms with Gasteiger partial charge in [0.05, 0.1) is 19.9 Å². The highest BCUT2D eigenvalue weighted by atomic mass is 32.2. The molecule has 0 aliphatic carbocycles. The highest BCUT2D eigenvalue weighted by molar-refractivity contribution is 7.94. The van der Waals surface area contributed by atoms with E-state index in [2.05, 4.69) is 15.5 Å². The van der Waals surface area contributed by atoms with Gasteiger partial charge in [-0.25, -0.2) is 0 Å². The lowest BCUT2D eigenvalue weighted by atomic mass is 10.2. The summed E-state index contributed by atoms with van der Waals surface area (Å²) in [5.74, 6) is 0.400. The molecule has 1 heterocycles. The van der Waals surface area contributed by atoms with Crippen molar-refractivity contribution in [2.24, 2.45) is 0 Å². The van der Waals surface area contributed by atoms with Crippen LogP contribution in [-0.2, 0) is 10.0 Å². The summed E-state index contributed by atoms with van der Waals surface area (Å²) < 4.78 is 37.3. The Morgan fingerprint density at radius 2 is 1.77 bits per heavy atom. The maximum absolute atomic E-state index is 13.0. The van der Waals surface area contributed by atoms with Crippen LogP contribution in [0.4, 0.5) is 10.8 Å². The van der Waals surface area contributed by atoms with Crippen LogP contribution < -0.4 is 19.1 Å². The summed E-state index contributed by atoms with van der Waals surface area (Å²) >= 11 is 0.779. The first-order valence-corrected chi connectivity index (χ1v) is 11.1. The average Bonchev–Trinajstić information content (AvgIpc) is 3.23. The molecule has 158 valence electrons. The summed E-state index contributed by atoms with van der Waals surface area (Å²) in [6, 6.07) is 13.4. The van der Waals surface area contributed by atoms with E-state index in [0.29, 0.717) is 22.7 Å². The Balaban J connectivity index is 1.81. The normalized spacial score (nSPS) is 11.0. The molecule has 11 heteroatoms. The zero-order chi connectivity index (χ0) is 21.7. The van der Waals surface area contributed by atoms with Crippen LogP contribution in [0.1, 0.15) is 17.3 Å². The van der Waals surface area contributed by atoms with Crippen molar-refractivity contribution in [3.05, 3.63) is 54.1 Å². The van der Waals surface area contributed by atoms with Gasteiger partial charge in [0.2, 0.25) is 5.13 Å². The van der Waals surface area contributed by atoms with Crippen molar-refractivity contribution in [2.75, 3.05) is 30.4 Å². The predicted molar refractivity (Wildman–Crippen MR) is 114 cm³/mol. The van der Waals surface area contributed by atoms with E-state index >= 15 is 0 Å². The van der Waals surface area contributed by atoms with E-state index < -0.39 is 15.9 Å². The first kappa shape index (κ1) is 21.5. The molecule has 0 atom stereocenters. The number of anilines is 2. The molecule has 0 fully saturated rings. The number of benzene rings is 2. The Bertz CT molecular complexity index is 1130.